The third-order valence-electron chi connectivity index (χ3n) is 6.69. The minimum absolute atomic E-state index is 0.0612. The number of hydrogen-bond donors (Lipinski definition) is 2. The molecular formula is C24H33N3O4S. The van der Waals surface area contributed by atoms with Crippen LogP contribution in [0.4, 0.5) is 5.69 Å². The van der Waals surface area contributed by atoms with Crippen LogP contribution in [0.25, 0.3) is 0 Å². The smallest absolute Gasteiger partial charge is 0.241 e. The van der Waals surface area contributed by atoms with Crippen molar-refractivity contribution in [3.63, 3.8) is 0 Å². The van der Waals surface area contributed by atoms with E-state index in [2.05, 4.69) is 9.62 Å². The summed E-state index contributed by atoms with van der Waals surface area (Å²) in [7, 11) is -3.72. The molecule has 7 nitrogen and oxygen atoms in total. The Bertz CT molecular complexity index is 1090. The molecule has 0 bridgehead atoms. The first-order valence-electron chi connectivity index (χ1n) is 10.9. The number of carbonyl (C=O) groups excluding carboxylic acids is 1. The van der Waals surface area contributed by atoms with E-state index in [0.29, 0.717) is 31.1 Å². The van der Waals surface area contributed by atoms with E-state index in [1.165, 1.54) is 0 Å². The highest BCUT2D eigenvalue weighted by Gasteiger charge is 2.25. The van der Waals surface area contributed by atoms with Gasteiger partial charge in [0.2, 0.25) is 15.9 Å². The largest absolute Gasteiger partial charge is 0.506 e. The van der Waals surface area contributed by atoms with Crippen LogP contribution in [0.2, 0.25) is 0 Å². The van der Waals surface area contributed by atoms with Gasteiger partial charge in [-0.2, -0.15) is 0 Å². The van der Waals surface area contributed by atoms with Crippen LogP contribution in [-0.2, 0) is 14.8 Å². The van der Waals surface area contributed by atoms with Crippen molar-refractivity contribution >= 4 is 21.6 Å². The molecule has 8 heteroatoms. The Morgan fingerprint density at radius 2 is 1.44 bits per heavy atom. The molecule has 0 aromatic heterocycles. The Morgan fingerprint density at radius 1 is 0.906 bits per heavy atom. The minimum Gasteiger partial charge on any atom is -0.506 e. The maximum absolute atomic E-state index is 13.0. The van der Waals surface area contributed by atoms with Crippen LogP contribution < -0.4 is 9.62 Å². The molecule has 2 aromatic carbocycles. The molecule has 0 spiro atoms. The highest BCUT2D eigenvalue weighted by atomic mass is 32.2. The Balaban J connectivity index is 1.58. The summed E-state index contributed by atoms with van der Waals surface area (Å²) in [6.07, 6.45) is 0.109. The molecule has 2 N–H and O–H groups in total. The lowest BCUT2D eigenvalue weighted by Crippen LogP contribution is -2.49. The van der Waals surface area contributed by atoms with Gasteiger partial charge in [-0.05, 0) is 74.6 Å². The van der Waals surface area contributed by atoms with Crippen molar-refractivity contribution in [1.29, 1.82) is 0 Å². The number of nitrogens with one attached hydrogen (secondary N) is 1. The third kappa shape index (κ3) is 4.76. The molecule has 32 heavy (non-hydrogen) atoms. The predicted molar refractivity (Wildman–Crippen MR) is 127 cm³/mol. The number of para-hydroxylation sites is 2. The molecule has 2 aromatic rings. The zero-order valence-electron chi connectivity index (χ0n) is 19.5. The highest BCUT2D eigenvalue weighted by molar-refractivity contribution is 7.89. The van der Waals surface area contributed by atoms with Gasteiger partial charge in [-0.1, -0.05) is 12.1 Å². The Kier molecular flexibility index (Phi) is 7.15. The number of hydrogen-bond acceptors (Lipinski definition) is 5. The zero-order chi connectivity index (χ0) is 23.6. The molecule has 1 heterocycles. The van der Waals surface area contributed by atoms with E-state index in [-0.39, 0.29) is 24.6 Å². The normalized spacial score (nSPS) is 14.7. The number of sulfonamides is 1. The quantitative estimate of drug-likeness (QED) is 0.693. The zero-order valence-corrected chi connectivity index (χ0v) is 20.3. The first kappa shape index (κ1) is 24.1. The molecule has 3 rings (SSSR count). The van der Waals surface area contributed by atoms with Crippen LogP contribution in [-0.4, -0.2) is 57.1 Å². The van der Waals surface area contributed by atoms with Crippen molar-refractivity contribution in [1.82, 2.24) is 9.62 Å². The SMILES string of the molecule is Cc1c(C)c(C)c(S(=O)(=O)NCCC(=O)N2CCN(c3ccccc3O)CC2)c(C)c1C. The lowest BCUT2D eigenvalue weighted by Gasteiger charge is -2.36. The second-order valence-electron chi connectivity index (χ2n) is 8.46. The number of anilines is 1. The van der Waals surface area contributed by atoms with E-state index < -0.39 is 10.0 Å². The summed E-state index contributed by atoms with van der Waals surface area (Å²) in [4.78, 5) is 16.8. The van der Waals surface area contributed by atoms with Gasteiger partial charge in [-0.15, -0.1) is 0 Å². The number of nitrogens with zero attached hydrogens (tertiary/aromatic N) is 2. The standard InChI is InChI=1S/C24H33N3O4S/c1-16-17(2)19(4)24(20(5)18(16)3)32(30,31)25-11-10-23(29)27-14-12-26(13-15-27)21-8-6-7-9-22(21)28/h6-9,25,28H,10-15H2,1-5H3. The Hall–Kier alpha value is -2.58. The van der Waals surface area contributed by atoms with Crippen LogP contribution in [0.5, 0.6) is 5.75 Å². The second-order valence-corrected chi connectivity index (χ2v) is 10.2. The number of carbonyl (C=O) groups is 1. The van der Waals surface area contributed by atoms with Gasteiger partial charge in [-0.3, -0.25) is 4.79 Å². The van der Waals surface area contributed by atoms with E-state index >= 15 is 0 Å². The van der Waals surface area contributed by atoms with Crippen molar-refractivity contribution < 1.29 is 18.3 Å². The maximum atomic E-state index is 13.0. The van der Waals surface area contributed by atoms with E-state index in [9.17, 15) is 18.3 Å². The van der Waals surface area contributed by atoms with Crippen LogP contribution in [0, 0.1) is 34.6 Å². The van der Waals surface area contributed by atoms with Crippen LogP contribution in [0.15, 0.2) is 29.2 Å². The molecule has 1 saturated heterocycles. The second kappa shape index (κ2) is 9.50. The van der Waals surface area contributed by atoms with Gasteiger partial charge in [0.15, 0.2) is 0 Å². The van der Waals surface area contributed by atoms with Gasteiger partial charge in [0.05, 0.1) is 10.6 Å². The van der Waals surface area contributed by atoms with Gasteiger partial charge in [0.1, 0.15) is 5.75 Å². The molecule has 174 valence electrons. The summed E-state index contributed by atoms with van der Waals surface area (Å²) >= 11 is 0. The Morgan fingerprint density at radius 3 is 2.00 bits per heavy atom. The first-order valence-corrected chi connectivity index (χ1v) is 12.4. The van der Waals surface area contributed by atoms with Gasteiger partial charge >= 0.3 is 0 Å². The monoisotopic (exact) mass is 459 g/mol. The number of benzene rings is 2. The molecule has 1 aliphatic heterocycles. The minimum atomic E-state index is -3.72. The molecule has 1 aliphatic rings. The number of rotatable bonds is 6. The summed E-state index contributed by atoms with van der Waals surface area (Å²) in [6, 6.07) is 7.17. The number of amides is 1. The Labute approximate surface area is 191 Å². The molecule has 1 fully saturated rings. The van der Waals surface area contributed by atoms with Gasteiger partial charge in [0.25, 0.3) is 0 Å². The average molecular weight is 460 g/mol. The van der Waals surface area contributed by atoms with Crippen LogP contribution in [0.3, 0.4) is 0 Å². The summed E-state index contributed by atoms with van der Waals surface area (Å²) in [5.74, 6) is 0.156. The van der Waals surface area contributed by atoms with Crippen molar-refractivity contribution in [3.8, 4) is 5.75 Å². The van der Waals surface area contributed by atoms with Crippen molar-refractivity contribution in [3.05, 3.63) is 52.1 Å². The topological polar surface area (TPSA) is 90.0 Å². The third-order valence-corrected chi connectivity index (χ3v) is 8.42. The molecule has 0 atom stereocenters. The van der Waals surface area contributed by atoms with Gasteiger partial charge < -0.3 is 14.9 Å². The van der Waals surface area contributed by atoms with Gasteiger partial charge in [-0.25, -0.2) is 13.1 Å². The molecule has 1 amide bonds. The van der Waals surface area contributed by atoms with E-state index in [1.807, 2.05) is 46.8 Å². The lowest BCUT2D eigenvalue weighted by molar-refractivity contribution is -0.131. The number of piperazine rings is 1. The summed E-state index contributed by atoms with van der Waals surface area (Å²) in [5, 5.41) is 10.0. The maximum Gasteiger partial charge on any atom is 0.241 e. The van der Waals surface area contributed by atoms with Gasteiger partial charge in [0, 0.05) is 39.1 Å². The summed E-state index contributed by atoms with van der Waals surface area (Å²) in [5.41, 5.74) is 5.34. The molecule has 0 unspecified atom stereocenters. The van der Waals surface area contributed by atoms with E-state index in [4.69, 9.17) is 0 Å². The van der Waals surface area contributed by atoms with Crippen LogP contribution in [0.1, 0.15) is 34.2 Å². The van der Waals surface area contributed by atoms with Crippen molar-refractivity contribution in [2.24, 2.45) is 0 Å². The van der Waals surface area contributed by atoms with Crippen molar-refractivity contribution in [2.45, 2.75) is 45.9 Å². The predicted octanol–water partition coefficient (Wildman–Crippen LogP) is 2.95. The molecule has 0 radical (unpaired) electrons. The van der Waals surface area contributed by atoms with Crippen LogP contribution >= 0.6 is 0 Å². The lowest BCUT2D eigenvalue weighted by atomic mass is 9.95. The fourth-order valence-corrected chi connectivity index (χ4v) is 5.95. The number of phenolic OH excluding ortho intramolecular Hbond substituents is 1. The molecule has 0 aliphatic carbocycles. The van der Waals surface area contributed by atoms with E-state index in [0.717, 1.165) is 33.5 Å². The van der Waals surface area contributed by atoms with Crippen molar-refractivity contribution in [2.75, 3.05) is 37.6 Å². The fourth-order valence-electron chi connectivity index (χ4n) is 4.32. The molecular weight excluding hydrogens is 426 g/mol. The average Bonchev–Trinajstić information content (AvgIpc) is 2.76. The number of phenols is 1. The fraction of sp³-hybridized carbons (Fsp3) is 0.458. The summed E-state index contributed by atoms with van der Waals surface area (Å²) < 4.78 is 28.6. The van der Waals surface area contributed by atoms with E-state index in [1.54, 1.807) is 17.0 Å². The first-order chi connectivity index (χ1) is 15.0. The number of aromatic hydroxyl groups is 1. The molecule has 0 saturated carbocycles. The highest BCUT2D eigenvalue weighted by Crippen LogP contribution is 2.29. The summed E-state index contributed by atoms with van der Waals surface area (Å²) in [6.45, 7) is 11.9.